The van der Waals surface area contributed by atoms with Gasteiger partial charge in [-0.05, 0) is 25.9 Å². The number of nitrogens with zero attached hydrogens (tertiary/aromatic N) is 2. The molecule has 0 spiro atoms. The molecule has 1 unspecified atom stereocenters. The number of H-pyrrole nitrogens is 1. The Hall–Kier alpha value is -0.920. The van der Waals surface area contributed by atoms with Gasteiger partial charge in [0.2, 0.25) is 10.0 Å². The normalized spacial score (nSPS) is 22.7. The van der Waals surface area contributed by atoms with E-state index in [0.717, 1.165) is 13.0 Å². The van der Waals surface area contributed by atoms with E-state index < -0.39 is 10.0 Å². The van der Waals surface area contributed by atoms with Gasteiger partial charge in [0.1, 0.15) is 4.90 Å². The second-order valence-electron chi connectivity index (χ2n) is 4.01. The summed E-state index contributed by atoms with van der Waals surface area (Å²) in [7, 11) is -1.45. The molecule has 6 nitrogen and oxygen atoms in total. The van der Waals surface area contributed by atoms with Crippen LogP contribution in [0.25, 0.3) is 0 Å². The Morgan fingerprint density at radius 2 is 2.50 bits per heavy atom. The van der Waals surface area contributed by atoms with Crippen LogP contribution in [0.15, 0.2) is 17.3 Å². The van der Waals surface area contributed by atoms with Gasteiger partial charge in [0, 0.05) is 19.3 Å². The van der Waals surface area contributed by atoms with E-state index in [9.17, 15) is 8.42 Å². The zero-order valence-electron chi connectivity index (χ0n) is 9.18. The van der Waals surface area contributed by atoms with Crippen LogP contribution in [0.5, 0.6) is 0 Å². The molecule has 2 heterocycles. The van der Waals surface area contributed by atoms with Gasteiger partial charge in [-0.3, -0.25) is 5.10 Å². The monoisotopic (exact) mass is 244 g/mol. The summed E-state index contributed by atoms with van der Waals surface area (Å²) in [6.45, 7) is 2.05. The van der Waals surface area contributed by atoms with E-state index in [1.165, 1.54) is 16.7 Å². The maximum Gasteiger partial charge on any atom is 0.246 e. The Kier molecular flexibility index (Phi) is 3.27. The molecule has 16 heavy (non-hydrogen) atoms. The third kappa shape index (κ3) is 2.11. The fourth-order valence-corrected chi connectivity index (χ4v) is 3.44. The maximum atomic E-state index is 12.1. The van der Waals surface area contributed by atoms with Crippen LogP contribution < -0.4 is 5.32 Å². The molecule has 1 fully saturated rings. The van der Waals surface area contributed by atoms with Gasteiger partial charge < -0.3 is 5.32 Å². The van der Waals surface area contributed by atoms with Crippen LogP contribution in [0.1, 0.15) is 6.42 Å². The summed E-state index contributed by atoms with van der Waals surface area (Å²) in [4.78, 5) is 0.248. The molecule has 1 atom stereocenters. The third-order valence-corrected chi connectivity index (χ3v) is 4.68. The lowest BCUT2D eigenvalue weighted by Gasteiger charge is -2.15. The highest BCUT2D eigenvalue weighted by atomic mass is 32.2. The molecule has 1 aromatic heterocycles. The molecule has 1 aromatic rings. The van der Waals surface area contributed by atoms with Gasteiger partial charge >= 0.3 is 0 Å². The molecule has 0 aromatic carbocycles. The summed E-state index contributed by atoms with van der Waals surface area (Å²) in [6.07, 6.45) is 3.68. The second-order valence-corrected chi connectivity index (χ2v) is 5.95. The van der Waals surface area contributed by atoms with Gasteiger partial charge in [0.15, 0.2) is 0 Å². The van der Waals surface area contributed by atoms with Crippen molar-refractivity contribution in [3.8, 4) is 0 Å². The van der Waals surface area contributed by atoms with Crippen LogP contribution in [-0.4, -0.2) is 49.6 Å². The number of aromatic amines is 1. The average Bonchev–Trinajstić information content (AvgIpc) is 2.88. The van der Waals surface area contributed by atoms with Gasteiger partial charge in [-0.15, -0.1) is 0 Å². The van der Waals surface area contributed by atoms with Gasteiger partial charge in [-0.1, -0.05) is 0 Å². The molecule has 90 valence electrons. The van der Waals surface area contributed by atoms with E-state index >= 15 is 0 Å². The summed E-state index contributed by atoms with van der Waals surface area (Å²) >= 11 is 0. The Morgan fingerprint density at radius 1 is 1.69 bits per heavy atom. The molecular weight excluding hydrogens is 228 g/mol. The number of hydrogen-bond acceptors (Lipinski definition) is 4. The fraction of sp³-hybridized carbons (Fsp3) is 0.667. The Labute approximate surface area is 95.1 Å². The largest absolute Gasteiger partial charge is 0.319 e. The topological polar surface area (TPSA) is 78.1 Å². The summed E-state index contributed by atoms with van der Waals surface area (Å²) in [6, 6.07) is 0. The minimum absolute atomic E-state index is 0.248. The zero-order chi connectivity index (χ0) is 11.6. The highest BCUT2D eigenvalue weighted by molar-refractivity contribution is 7.89. The Bertz CT molecular complexity index is 428. The van der Waals surface area contributed by atoms with E-state index in [1.54, 1.807) is 0 Å². The zero-order valence-corrected chi connectivity index (χ0v) is 10.00. The van der Waals surface area contributed by atoms with Crippen molar-refractivity contribution in [3.63, 3.8) is 0 Å². The molecule has 0 amide bonds. The maximum absolute atomic E-state index is 12.1. The fourth-order valence-electron chi connectivity index (χ4n) is 2.00. The lowest BCUT2D eigenvalue weighted by atomic mass is 10.1. The number of sulfonamides is 1. The minimum atomic E-state index is -3.33. The van der Waals surface area contributed by atoms with Crippen molar-refractivity contribution in [3.05, 3.63) is 12.4 Å². The predicted octanol–water partition coefficient (Wildman–Crippen LogP) is -0.360. The lowest BCUT2D eigenvalue weighted by Crippen LogP contribution is -2.30. The van der Waals surface area contributed by atoms with Crippen molar-refractivity contribution >= 4 is 10.0 Å². The molecule has 1 aliphatic rings. The average molecular weight is 244 g/mol. The molecule has 0 saturated carbocycles. The molecule has 2 N–H and O–H groups in total. The molecule has 0 aliphatic carbocycles. The smallest absolute Gasteiger partial charge is 0.246 e. The first-order valence-electron chi connectivity index (χ1n) is 5.28. The van der Waals surface area contributed by atoms with Gasteiger partial charge in [-0.25, -0.2) is 8.42 Å². The minimum Gasteiger partial charge on any atom is -0.319 e. The molecular formula is C9H16N4O2S. The van der Waals surface area contributed by atoms with Crippen LogP contribution in [0.2, 0.25) is 0 Å². The summed E-state index contributed by atoms with van der Waals surface area (Å²) < 4.78 is 25.7. The molecule has 0 bridgehead atoms. The second kappa shape index (κ2) is 4.52. The van der Waals surface area contributed by atoms with E-state index in [2.05, 4.69) is 15.5 Å². The van der Waals surface area contributed by atoms with Crippen LogP contribution in [0, 0.1) is 5.92 Å². The predicted molar refractivity (Wildman–Crippen MR) is 59.4 cm³/mol. The third-order valence-electron chi connectivity index (χ3n) is 2.85. The van der Waals surface area contributed by atoms with E-state index in [-0.39, 0.29) is 4.90 Å². The standard InChI is InChI=1S/C9H16N4O2S/c1-10-4-8-2-3-13(7-8)16(14,15)9-5-11-12-6-9/h5-6,8,10H,2-4,7H2,1H3,(H,11,12). The van der Waals surface area contributed by atoms with E-state index in [1.807, 2.05) is 7.05 Å². The summed E-state index contributed by atoms with van der Waals surface area (Å²) in [5.74, 6) is 0.409. The first kappa shape index (κ1) is 11.6. The van der Waals surface area contributed by atoms with Crippen LogP contribution in [-0.2, 0) is 10.0 Å². The van der Waals surface area contributed by atoms with Crippen molar-refractivity contribution in [2.75, 3.05) is 26.7 Å². The number of nitrogens with one attached hydrogen (secondary N) is 2. The van der Waals surface area contributed by atoms with Crippen molar-refractivity contribution in [2.24, 2.45) is 5.92 Å². The molecule has 1 saturated heterocycles. The molecule has 7 heteroatoms. The highest BCUT2D eigenvalue weighted by Crippen LogP contribution is 2.23. The Balaban J connectivity index is 2.10. The van der Waals surface area contributed by atoms with Crippen molar-refractivity contribution in [1.29, 1.82) is 0 Å². The molecule has 0 radical (unpaired) electrons. The highest BCUT2D eigenvalue weighted by Gasteiger charge is 2.32. The molecule has 1 aliphatic heterocycles. The summed E-state index contributed by atoms with van der Waals surface area (Å²) in [5, 5.41) is 9.28. The number of aromatic nitrogens is 2. The SMILES string of the molecule is CNCC1CCN(S(=O)(=O)c2cn[nH]c2)C1. The van der Waals surface area contributed by atoms with Gasteiger partial charge in [0.25, 0.3) is 0 Å². The van der Waals surface area contributed by atoms with E-state index in [4.69, 9.17) is 0 Å². The lowest BCUT2D eigenvalue weighted by molar-refractivity contribution is 0.451. The first-order valence-corrected chi connectivity index (χ1v) is 6.72. The van der Waals surface area contributed by atoms with Crippen molar-refractivity contribution in [2.45, 2.75) is 11.3 Å². The number of hydrogen-bond donors (Lipinski definition) is 2. The molecule has 2 rings (SSSR count). The quantitative estimate of drug-likeness (QED) is 0.758. The van der Waals surface area contributed by atoms with Crippen LogP contribution in [0.4, 0.5) is 0 Å². The van der Waals surface area contributed by atoms with E-state index in [0.29, 0.717) is 19.0 Å². The van der Waals surface area contributed by atoms with Crippen molar-refractivity contribution in [1.82, 2.24) is 19.8 Å². The first-order chi connectivity index (χ1) is 7.64. The van der Waals surface area contributed by atoms with Crippen LogP contribution >= 0.6 is 0 Å². The number of rotatable bonds is 4. The van der Waals surface area contributed by atoms with Gasteiger partial charge in [-0.2, -0.15) is 9.40 Å². The van der Waals surface area contributed by atoms with Crippen molar-refractivity contribution < 1.29 is 8.42 Å². The van der Waals surface area contributed by atoms with Gasteiger partial charge in [0.05, 0.1) is 6.20 Å². The Morgan fingerprint density at radius 3 is 3.12 bits per heavy atom. The summed E-state index contributed by atoms with van der Waals surface area (Å²) in [5.41, 5.74) is 0. The van der Waals surface area contributed by atoms with Crippen LogP contribution in [0.3, 0.4) is 0 Å².